The number of hydrogen-bond donors (Lipinski definition) is 1. The molecule has 2 N–H and O–H groups in total. The highest BCUT2D eigenvalue weighted by Gasteiger charge is 2.26. The van der Waals surface area contributed by atoms with Crippen molar-refractivity contribution in [1.29, 1.82) is 0 Å². The van der Waals surface area contributed by atoms with Crippen molar-refractivity contribution in [2.24, 2.45) is 5.73 Å². The average Bonchev–Trinajstić information content (AvgIpc) is 3.35. The molecule has 1 aliphatic rings. The van der Waals surface area contributed by atoms with Gasteiger partial charge in [-0.3, -0.25) is 9.59 Å². The standard InChI is InChI=1S/C19H21F2N7O2.C2HF3O/c1-11-23-26-19(30-11)18-25-24-16-4-5-27(6-7-28(16)18)17(29)10-14(22)9-12-8-13(20)2-3-15(12)21;3-2(4,5)1-6/h2-3,8,14H,4-7,9-10,22H2,1H3;1H/t14-;/m1./s1. The van der Waals surface area contributed by atoms with Crippen molar-refractivity contribution in [3.05, 3.63) is 47.1 Å². The highest BCUT2D eigenvalue weighted by molar-refractivity contribution is 5.77. The van der Waals surface area contributed by atoms with Gasteiger partial charge in [0.2, 0.25) is 23.9 Å². The van der Waals surface area contributed by atoms with E-state index in [2.05, 4.69) is 20.4 Å². The van der Waals surface area contributed by atoms with Crippen LogP contribution in [0.5, 0.6) is 0 Å². The van der Waals surface area contributed by atoms with Gasteiger partial charge in [-0.1, -0.05) is 0 Å². The summed E-state index contributed by atoms with van der Waals surface area (Å²) in [4.78, 5) is 23.1. The van der Waals surface area contributed by atoms with Gasteiger partial charge in [-0.2, -0.15) is 13.2 Å². The van der Waals surface area contributed by atoms with Crippen LogP contribution in [0.4, 0.5) is 22.0 Å². The van der Waals surface area contributed by atoms with E-state index >= 15 is 0 Å². The van der Waals surface area contributed by atoms with E-state index < -0.39 is 30.1 Å². The van der Waals surface area contributed by atoms with Gasteiger partial charge in [-0.25, -0.2) is 8.78 Å². The minimum absolute atomic E-state index is 0.0340. The van der Waals surface area contributed by atoms with Gasteiger partial charge in [0.25, 0.3) is 5.89 Å². The zero-order valence-corrected chi connectivity index (χ0v) is 19.0. The predicted molar refractivity (Wildman–Crippen MR) is 113 cm³/mol. The van der Waals surface area contributed by atoms with Crippen LogP contribution in [0.15, 0.2) is 22.6 Å². The number of carbonyl (C=O) groups excluding carboxylic acids is 2. The molecule has 1 aromatic carbocycles. The molecular weight excluding hydrogens is 493 g/mol. The van der Waals surface area contributed by atoms with E-state index in [-0.39, 0.29) is 30.2 Å². The summed E-state index contributed by atoms with van der Waals surface area (Å²) < 4.78 is 65.7. The number of fused-ring (bicyclic) bond motifs is 1. The SMILES string of the molecule is Cc1nnc(-c2nnc3n2CCN(C(=O)C[C@H](N)Cc2cc(F)ccc2F)CC3)o1.O=CC(F)(F)F. The number of aryl methyl sites for hydroxylation is 1. The van der Waals surface area contributed by atoms with Gasteiger partial charge < -0.3 is 19.6 Å². The minimum Gasteiger partial charge on any atom is -0.418 e. The maximum atomic E-state index is 13.8. The first kappa shape index (κ1) is 26.8. The molecule has 36 heavy (non-hydrogen) atoms. The van der Waals surface area contributed by atoms with E-state index in [1.807, 2.05) is 4.57 Å². The number of aromatic nitrogens is 5. The van der Waals surface area contributed by atoms with Gasteiger partial charge in [0.05, 0.1) is 0 Å². The van der Waals surface area contributed by atoms with Crippen molar-refractivity contribution in [2.75, 3.05) is 13.1 Å². The Morgan fingerprint density at radius 3 is 2.53 bits per heavy atom. The largest absolute Gasteiger partial charge is 0.446 e. The lowest BCUT2D eigenvalue weighted by molar-refractivity contribution is -0.156. The number of halogens is 5. The summed E-state index contributed by atoms with van der Waals surface area (Å²) in [7, 11) is 0. The van der Waals surface area contributed by atoms with Gasteiger partial charge in [-0.05, 0) is 30.2 Å². The molecule has 3 heterocycles. The number of hydrogen-bond acceptors (Lipinski definition) is 8. The quantitative estimate of drug-likeness (QED) is 0.403. The van der Waals surface area contributed by atoms with Crippen LogP contribution in [0, 0.1) is 18.6 Å². The van der Waals surface area contributed by atoms with Gasteiger partial charge >= 0.3 is 6.18 Å². The van der Waals surface area contributed by atoms with Crippen LogP contribution in [0.1, 0.15) is 23.7 Å². The molecule has 1 aliphatic heterocycles. The van der Waals surface area contributed by atoms with E-state index in [1.165, 1.54) is 0 Å². The zero-order chi connectivity index (χ0) is 26.5. The highest BCUT2D eigenvalue weighted by atomic mass is 19.4. The Labute approximate surface area is 201 Å². The lowest BCUT2D eigenvalue weighted by Crippen LogP contribution is -2.38. The highest BCUT2D eigenvalue weighted by Crippen LogP contribution is 2.20. The van der Waals surface area contributed by atoms with E-state index in [4.69, 9.17) is 14.9 Å². The maximum absolute atomic E-state index is 13.8. The molecule has 1 atom stereocenters. The maximum Gasteiger partial charge on any atom is 0.446 e. The number of aldehydes is 1. The van der Waals surface area contributed by atoms with Gasteiger partial charge in [0, 0.05) is 45.4 Å². The fraction of sp³-hybridized carbons (Fsp3) is 0.429. The summed E-state index contributed by atoms with van der Waals surface area (Å²) in [5.41, 5.74) is 6.21. The third kappa shape index (κ3) is 7.13. The fourth-order valence-electron chi connectivity index (χ4n) is 3.52. The van der Waals surface area contributed by atoms with Crippen LogP contribution in [-0.4, -0.2) is 67.4 Å². The summed E-state index contributed by atoms with van der Waals surface area (Å²) in [6.07, 6.45) is -5.08. The molecule has 0 saturated heterocycles. The molecular formula is C21H22F5N7O3. The number of benzene rings is 1. The minimum atomic E-state index is -4.64. The zero-order valence-electron chi connectivity index (χ0n) is 19.0. The number of alkyl halides is 3. The summed E-state index contributed by atoms with van der Waals surface area (Å²) in [6.45, 7) is 3.06. The molecule has 0 unspecified atom stereocenters. The second-order valence-corrected chi connectivity index (χ2v) is 7.91. The Hall–Kier alpha value is -3.75. The number of carbonyl (C=O) groups is 2. The third-order valence-corrected chi connectivity index (χ3v) is 5.16. The van der Waals surface area contributed by atoms with Crippen molar-refractivity contribution in [2.45, 2.75) is 44.9 Å². The van der Waals surface area contributed by atoms with Crippen molar-refractivity contribution in [1.82, 2.24) is 29.9 Å². The first-order chi connectivity index (χ1) is 17.0. The molecule has 4 rings (SSSR count). The molecule has 0 spiro atoms. The smallest absolute Gasteiger partial charge is 0.418 e. The molecule has 0 radical (unpaired) electrons. The molecule has 0 aliphatic carbocycles. The van der Waals surface area contributed by atoms with Crippen LogP contribution >= 0.6 is 0 Å². The molecule has 0 fully saturated rings. The van der Waals surface area contributed by atoms with Crippen molar-refractivity contribution < 1.29 is 36.0 Å². The van der Waals surface area contributed by atoms with Crippen LogP contribution < -0.4 is 5.73 Å². The second kappa shape index (κ2) is 11.3. The van der Waals surface area contributed by atoms with Crippen LogP contribution in [0.25, 0.3) is 11.7 Å². The van der Waals surface area contributed by atoms with Crippen LogP contribution in [0.3, 0.4) is 0 Å². The van der Waals surface area contributed by atoms with Crippen LogP contribution in [0.2, 0.25) is 0 Å². The van der Waals surface area contributed by atoms with E-state index in [9.17, 15) is 26.7 Å². The lowest BCUT2D eigenvalue weighted by atomic mass is 10.0. The summed E-state index contributed by atoms with van der Waals surface area (Å²) in [5, 5.41) is 16.1. The van der Waals surface area contributed by atoms with Crippen molar-refractivity contribution in [3.63, 3.8) is 0 Å². The molecule has 0 bridgehead atoms. The number of nitrogens with two attached hydrogens (primary N) is 1. The number of nitrogens with zero attached hydrogens (tertiary/aromatic N) is 6. The Morgan fingerprint density at radius 2 is 1.89 bits per heavy atom. The molecule has 3 aromatic rings. The molecule has 0 saturated carbocycles. The Balaban J connectivity index is 0.000000538. The molecule has 1 amide bonds. The second-order valence-electron chi connectivity index (χ2n) is 7.91. The number of amides is 1. The monoisotopic (exact) mass is 515 g/mol. The summed E-state index contributed by atoms with van der Waals surface area (Å²) in [6, 6.07) is 2.60. The summed E-state index contributed by atoms with van der Waals surface area (Å²) in [5.74, 6) is 0.693. The predicted octanol–water partition coefficient (Wildman–Crippen LogP) is 2.01. The first-order valence-corrected chi connectivity index (χ1v) is 10.7. The van der Waals surface area contributed by atoms with Gasteiger partial charge in [-0.15, -0.1) is 20.4 Å². The van der Waals surface area contributed by atoms with E-state index in [0.29, 0.717) is 37.8 Å². The Kier molecular flexibility index (Phi) is 8.45. The van der Waals surface area contributed by atoms with E-state index in [1.54, 1.807) is 11.8 Å². The Bertz CT molecular complexity index is 1210. The van der Waals surface area contributed by atoms with Crippen LogP contribution in [-0.2, 0) is 29.0 Å². The van der Waals surface area contributed by atoms with Gasteiger partial charge in [0.1, 0.15) is 17.5 Å². The summed E-state index contributed by atoms with van der Waals surface area (Å²) >= 11 is 0. The lowest BCUT2D eigenvalue weighted by Gasteiger charge is -2.22. The topological polar surface area (TPSA) is 133 Å². The molecule has 15 heteroatoms. The first-order valence-electron chi connectivity index (χ1n) is 10.7. The Morgan fingerprint density at radius 1 is 1.17 bits per heavy atom. The molecule has 2 aromatic heterocycles. The fourth-order valence-corrected chi connectivity index (χ4v) is 3.52. The normalized spacial score (nSPS) is 14.4. The van der Waals surface area contributed by atoms with Crippen molar-refractivity contribution in [3.8, 4) is 11.7 Å². The molecule has 10 nitrogen and oxygen atoms in total. The number of rotatable bonds is 5. The van der Waals surface area contributed by atoms with Crippen molar-refractivity contribution >= 4 is 12.2 Å². The van der Waals surface area contributed by atoms with E-state index in [0.717, 1.165) is 24.0 Å². The average molecular weight is 515 g/mol. The third-order valence-electron chi connectivity index (χ3n) is 5.16. The van der Waals surface area contributed by atoms with Gasteiger partial charge in [0.15, 0.2) is 0 Å². The molecule has 194 valence electrons.